The van der Waals surface area contributed by atoms with Gasteiger partial charge in [-0.25, -0.2) is 0 Å². The van der Waals surface area contributed by atoms with E-state index < -0.39 is 0 Å². The van der Waals surface area contributed by atoms with Crippen LogP contribution < -0.4 is 14.5 Å². The largest absolute Gasteiger partial charge is 0.495 e. The summed E-state index contributed by atoms with van der Waals surface area (Å²) in [5.74, 6) is 1.91. The van der Waals surface area contributed by atoms with E-state index >= 15 is 0 Å². The lowest BCUT2D eigenvalue weighted by atomic mass is 9.96. The summed E-state index contributed by atoms with van der Waals surface area (Å²) >= 11 is 5.84. The molecule has 2 aliphatic rings. The van der Waals surface area contributed by atoms with Gasteiger partial charge in [0.25, 0.3) is 0 Å². The summed E-state index contributed by atoms with van der Waals surface area (Å²) in [6.07, 6.45) is 1.89. The second-order valence-electron chi connectivity index (χ2n) is 7.48. The van der Waals surface area contributed by atoms with E-state index in [9.17, 15) is 4.79 Å². The van der Waals surface area contributed by atoms with E-state index in [-0.39, 0.29) is 11.8 Å². The minimum absolute atomic E-state index is 0.000889. The highest BCUT2D eigenvalue weighted by Crippen LogP contribution is 2.29. The monoisotopic (exact) mass is 415 g/mol. The third kappa shape index (κ3) is 4.40. The molecule has 0 saturated carbocycles. The number of aromatic nitrogens is 2. The molecule has 1 unspecified atom stereocenters. The number of carbonyl (C=O) groups is 1. The Bertz CT molecular complexity index is 839. The third-order valence-corrected chi connectivity index (χ3v) is 5.93. The van der Waals surface area contributed by atoms with Gasteiger partial charge in [-0.15, -0.1) is 10.2 Å². The first-order valence-corrected chi connectivity index (χ1v) is 10.4. The third-order valence-electron chi connectivity index (χ3n) is 5.73. The molecule has 1 aromatic carbocycles. The van der Waals surface area contributed by atoms with E-state index in [0.29, 0.717) is 11.7 Å². The maximum atomic E-state index is 13.1. The molecular weight excluding hydrogens is 390 g/mol. The number of methoxy groups -OCH3 is 1. The van der Waals surface area contributed by atoms with Crippen molar-refractivity contribution in [3.63, 3.8) is 0 Å². The fraction of sp³-hybridized carbons (Fsp3) is 0.476. The van der Waals surface area contributed by atoms with Gasteiger partial charge in [0.05, 0.1) is 18.7 Å². The number of hydrogen-bond donors (Lipinski definition) is 0. The number of nitrogens with zero attached hydrogens (tertiary/aromatic N) is 5. The van der Waals surface area contributed by atoms with Crippen LogP contribution in [0.3, 0.4) is 0 Å². The first-order valence-electron chi connectivity index (χ1n) is 10.1. The number of amides is 1. The summed E-state index contributed by atoms with van der Waals surface area (Å²) < 4.78 is 5.48. The minimum atomic E-state index is -0.000889. The van der Waals surface area contributed by atoms with Crippen molar-refractivity contribution in [1.82, 2.24) is 15.1 Å². The molecule has 0 radical (unpaired) electrons. The SMILES string of the molecule is COc1ccccc1N1CCN(C(=O)C2CCCN(c3ccc(Cl)nn3)C2)CC1. The van der Waals surface area contributed by atoms with Gasteiger partial charge in [-0.2, -0.15) is 0 Å². The van der Waals surface area contributed by atoms with Crippen LogP contribution in [0.15, 0.2) is 36.4 Å². The second-order valence-corrected chi connectivity index (χ2v) is 7.87. The van der Waals surface area contributed by atoms with E-state index in [2.05, 4.69) is 26.1 Å². The summed E-state index contributed by atoms with van der Waals surface area (Å²) in [7, 11) is 1.69. The van der Waals surface area contributed by atoms with Gasteiger partial charge in [0.2, 0.25) is 5.91 Å². The quantitative estimate of drug-likeness (QED) is 0.765. The number of para-hydroxylation sites is 2. The first kappa shape index (κ1) is 19.8. The van der Waals surface area contributed by atoms with Crippen LogP contribution >= 0.6 is 11.6 Å². The summed E-state index contributed by atoms with van der Waals surface area (Å²) in [4.78, 5) is 19.6. The van der Waals surface area contributed by atoms with Crippen molar-refractivity contribution in [2.24, 2.45) is 5.92 Å². The van der Waals surface area contributed by atoms with Crippen molar-refractivity contribution in [1.29, 1.82) is 0 Å². The number of hydrogen-bond acceptors (Lipinski definition) is 6. The molecular formula is C21H26ClN5O2. The molecule has 8 heteroatoms. The number of piperidine rings is 1. The Morgan fingerprint density at radius 2 is 1.83 bits per heavy atom. The number of halogens is 1. The van der Waals surface area contributed by atoms with Gasteiger partial charge in [-0.05, 0) is 37.1 Å². The molecule has 0 aliphatic carbocycles. The van der Waals surface area contributed by atoms with E-state index in [4.69, 9.17) is 16.3 Å². The molecule has 0 spiro atoms. The number of anilines is 2. The number of piperazine rings is 1. The fourth-order valence-corrected chi connectivity index (χ4v) is 4.28. The second kappa shape index (κ2) is 8.86. The van der Waals surface area contributed by atoms with Crippen LogP contribution in [0.2, 0.25) is 5.15 Å². The Hall–Kier alpha value is -2.54. The standard InChI is InChI=1S/C21H26ClN5O2/c1-29-18-7-3-2-6-17(18)25-11-13-26(14-12-25)21(28)16-5-4-10-27(15-16)20-9-8-19(22)23-24-20/h2-3,6-9,16H,4-5,10-15H2,1H3. The van der Waals surface area contributed by atoms with Crippen LogP contribution in [0, 0.1) is 5.92 Å². The minimum Gasteiger partial charge on any atom is -0.495 e. The van der Waals surface area contributed by atoms with Crippen molar-refractivity contribution in [2.75, 3.05) is 56.2 Å². The van der Waals surface area contributed by atoms with Gasteiger partial charge in [0, 0.05) is 39.3 Å². The maximum absolute atomic E-state index is 13.1. The molecule has 2 fully saturated rings. The number of rotatable bonds is 4. The number of benzene rings is 1. The molecule has 1 amide bonds. The molecule has 2 saturated heterocycles. The average Bonchev–Trinajstić information content (AvgIpc) is 2.79. The predicted octanol–water partition coefficient (Wildman–Crippen LogP) is 2.70. The molecule has 154 valence electrons. The van der Waals surface area contributed by atoms with Crippen LogP contribution in [-0.4, -0.2) is 67.4 Å². The molecule has 0 bridgehead atoms. The lowest BCUT2D eigenvalue weighted by Gasteiger charge is -2.40. The van der Waals surface area contributed by atoms with Crippen molar-refractivity contribution in [3.05, 3.63) is 41.6 Å². The fourth-order valence-electron chi connectivity index (χ4n) is 4.18. The van der Waals surface area contributed by atoms with Gasteiger partial charge in [0.15, 0.2) is 11.0 Å². The molecule has 0 N–H and O–H groups in total. The highest BCUT2D eigenvalue weighted by molar-refractivity contribution is 6.29. The topological polar surface area (TPSA) is 61.8 Å². The van der Waals surface area contributed by atoms with Crippen molar-refractivity contribution in [2.45, 2.75) is 12.8 Å². The Kier molecular flexibility index (Phi) is 6.04. The van der Waals surface area contributed by atoms with Gasteiger partial charge in [-0.3, -0.25) is 4.79 Å². The molecule has 7 nitrogen and oxygen atoms in total. The molecule has 1 aromatic heterocycles. The van der Waals surface area contributed by atoms with Gasteiger partial charge in [-0.1, -0.05) is 23.7 Å². The van der Waals surface area contributed by atoms with E-state index in [0.717, 1.165) is 62.8 Å². The van der Waals surface area contributed by atoms with Crippen molar-refractivity contribution >= 4 is 29.0 Å². The lowest BCUT2D eigenvalue weighted by molar-refractivity contribution is -0.136. The lowest BCUT2D eigenvalue weighted by Crippen LogP contribution is -2.52. The predicted molar refractivity (Wildman–Crippen MR) is 114 cm³/mol. The normalized spacial score (nSPS) is 19.9. The van der Waals surface area contributed by atoms with E-state index in [1.807, 2.05) is 29.2 Å². The Labute approximate surface area is 176 Å². The van der Waals surface area contributed by atoms with Crippen LogP contribution in [0.5, 0.6) is 5.75 Å². The smallest absolute Gasteiger partial charge is 0.227 e. The molecule has 1 atom stereocenters. The molecule has 29 heavy (non-hydrogen) atoms. The molecule has 2 aliphatic heterocycles. The van der Waals surface area contributed by atoms with Gasteiger partial charge >= 0.3 is 0 Å². The van der Waals surface area contributed by atoms with Crippen LogP contribution in [0.25, 0.3) is 0 Å². The Morgan fingerprint density at radius 1 is 1.03 bits per heavy atom. The number of ether oxygens (including phenoxy) is 1. The van der Waals surface area contributed by atoms with Crippen LogP contribution in [0.4, 0.5) is 11.5 Å². The Morgan fingerprint density at radius 3 is 2.55 bits per heavy atom. The summed E-state index contributed by atoms with van der Waals surface area (Å²) in [5.41, 5.74) is 1.09. The summed E-state index contributed by atoms with van der Waals surface area (Å²) in [6, 6.07) is 11.7. The summed E-state index contributed by atoms with van der Waals surface area (Å²) in [6.45, 7) is 4.65. The number of carbonyl (C=O) groups excluding carboxylic acids is 1. The highest BCUT2D eigenvalue weighted by atomic mass is 35.5. The zero-order valence-corrected chi connectivity index (χ0v) is 17.4. The molecule has 4 rings (SSSR count). The van der Waals surface area contributed by atoms with Crippen molar-refractivity contribution < 1.29 is 9.53 Å². The zero-order valence-electron chi connectivity index (χ0n) is 16.6. The van der Waals surface area contributed by atoms with Crippen LogP contribution in [0.1, 0.15) is 12.8 Å². The van der Waals surface area contributed by atoms with Gasteiger partial charge in [0.1, 0.15) is 5.75 Å². The Balaban J connectivity index is 1.36. The maximum Gasteiger partial charge on any atom is 0.227 e. The zero-order chi connectivity index (χ0) is 20.2. The highest BCUT2D eigenvalue weighted by Gasteiger charge is 2.32. The van der Waals surface area contributed by atoms with Gasteiger partial charge < -0.3 is 19.4 Å². The van der Waals surface area contributed by atoms with E-state index in [1.165, 1.54) is 0 Å². The molecule has 3 heterocycles. The van der Waals surface area contributed by atoms with Crippen molar-refractivity contribution in [3.8, 4) is 5.75 Å². The average molecular weight is 416 g/mol. The van der Waals surface area contributed by atoms with E-state index in [1.54, 1.807) is 13.2 Å². The molecule has 2 aromatic rings. The van der Waals surface area contributed by atoms with Crippen LogP contribution in [-0.2, 0) is 4.79 Å². The first-order chi connectivity index (χ1) is 14.2. The summed E-state index contributed by atoms with van der Waals surface area (Å²) in [5, 5.41) is 8.48.